The Labute approximate surface area is 122 Å². The molecule has 1 aliphatic heterocycles. The van der Waals surface area contributed by atoms with Crippen LogP contribution >= 0.6 is 11.3 Å². The van der Waals surface area contributed by atoms with Gasteiger partial charge in [-0.3, -0.25) is 0 Å². The van der Waals surface area contributed by atoms with E-state index in [0.29, 0.717) is 10.8 Å². The molecule has 0 N–H and O–H groups in total. The second-order valence-electron chi connectivity index (χ2n) is 5.05. The van der Waals surface area contributed by atoms with Crippen LogP contribution in [-0.2, 0) is 11.2 Å². The zero-order valence-electron chi connectivity index (χ0n) is 11.5. The predicted octanol–water partition coefficient (Wildman–Crippen LogP) is 3.26. The number of para-hydroxylation sites is 1. The quantitative estimate of drug-likeness (QED) is 0.796. The highest BCUT2D eigenvalue weighted by Crippen LogP contribution is 2.37. The fraction of sp³-hybridized carbons (Fsp3) is 0.333. The molecule has 1 aromatic carbocycles. The summed E-state index contributed by atoms with van der Waals surface area (Å²) in [6.07, 6.45) is 2.68. The number of methoxy groups -OCH3 is 1. The van der Waals surface area contributed by atoms with Gasteiger partial charge in [0, 0.05) is 12.2 Å². The third-order valence-electron chi connectivity index (χ3n) is 3.46. The number of rotatable bonds is 2. The van der Waals surface area contributed by atoms with Crippen LogP contribution in [-0.4, -0.2) is 24.6 Å². The first-order valence-corrected chi connectivity index (χ1v) is 7.40. The van der Waals surface area contributed by atoms with Gasteiger partial charge in [0.25, 0.3) is 0 Å². The average molecular weight is 288 g/mol. The summed E-state index contributed by atoms with van der Waals surface area (Å²) < 4.78 is 4.74. The van der Waals surface area contributed by atoms with Crippen molar-refractivity contribution in [1.82, 2.24) is 4.98 Å². The highest BCUT2D eigenvalue weighted by atomic mass is 32.1. The van der Waals surface area contributed by atoms with Crippen molar-refractivity contribution in [2.75, 3.05) is 18.6 Å². The van der Waals surface area contributed by atoms with Crippen LogP contribution in [0.1, 0.15) is 22.2 Å². The van der Waals surface area contributed by atoms with E-state index in [1.807, 2.05) is 6.07 Å². The molecule has 0 radical (unpaired) electrons. The van der Waals surface area contributed by atoms with Gasteiger partial charge in [0.2, 0.25) is 0 Å². The molecular weight excluding hydrogens is 272 g/mol. The third-order valence-corrected chi connectivity index (χ3v) is 4.46. The first-order valence-electron chi connectivity index (χ1n) is 6.58. The summed E-state index contributed by atoms with van der Waals surface area (Å²) in [4.78, 5) is 18.7. The van der Waals surface area contributed by atoms with E-state index in [1.54, 1.807) is 6.20 Å². The molecule has 0 fully saturated rings. The molecule has 0 amide bonds. The SMILES string of the molecule is COC(=O)c1cnc(N2CC(C)Cc3ccccc32)s1. The summed E-state index contributed by atoms with van der Waals surface area (Å²) in [5.74, 6) is 0.238. The Balaban J connectivity index is 1.98. The molecule has 1 aliphatic rings. The van der Waals surface area contributed by atoms with Crippen LogP contribution in [0.2, 0.25) is 0 Å². The molecule has 4 nitrogen and oxygen atoms in total. The van der Waals surface area contributed by atoms with E-state index >= 15 is 0 Å². The molecule has 2 heterocycles. The molecule has 0 saturated heterocycles. The number of carbonyl (C=O) groups excluding carboxylic acids is 1. The first-order chi connectivity index (χ1) is 9.69. The molecule has 3 rings (SSSR count). The van der Waals surface area contributed by atoms with Crippen molar-refractivity contribution in [2.45, 2.75) is 13.3 Å². The number of carbonyl (C=O) groups is 1. The maximum Gasteiger partial charge on any atom is 0.349 e. The molecule has 0 bridgehead atoms. The van der Waals surface area contributed by atoms with Gasteiger partial charge < -0.3 is 9.64 Å². The van der Waals surface area contributed by atoms with E-state index < -0.39 is 0 Å². The highest BCUT2D eigenvalue weighted by Gasteiger charge is 2.25. The van der Waals surface area contributed by atoms with Crippen molar-refractivity contribution in [3.63, 3.8) is 0 Å². The molecule has 1 unspecified atom stereocenters. The standard InChI is InChI=1S/C15H16N2O2S/c1-10-7-11-5-3-4-6-12(11)17(9-10)15-16-8-13(20-15)14(18)19-2/h3-6,8,10H,7,9H2,1-2H3. The van der Waals surface area contributed by atoms with Crippen LogP contribution in [0, 0.1) is 5.92 Å². The lowest BCUT2D eigenvalue weighted by Gasteiger charge is -2.32. The molecule has 5 heteroatoms. The number of anilines is 2. The Morgan fingerprint density at radius 1 is 1.45 bits per heavy atom. The van der Waals surface area contributed by atoms with Gasteiger partial charge in [-0.1, -0.05) is 36.5 Å². The summed E-state index contributed by atoms with van der Waals surface area (Å²) in [6, 6.07) is 8.38. The average Bonchev–Trinajstić information content (AvgIpc) is 2.95. The van der Waals surface area contributed by atoms with E-state index in [2.05, 4.69) is 35.0 Å². The van der Waals surface area contributed by atoms with Gasteiger partial charge in [0.1, 0.15) is 4.88 Å². The summed E-state index contributed by atoms with van der Waals surface area (Å²) in [5.41, 5.74) is 2.53. The van der Waals surface area contributed by atoms with Gasteiger partial charge in [0.15, 0.2) is 5.13 Å². The lowest BCUT2D eigenvalue weighted by atomic mass is 9.94. The minimum absolute atomic E-state index is 0.327. The van der Waals surface area contributed by atoms with Crippen molar-refractivity contribution in [3.8, 4) is 0 Å². The van der Waals surface area contributed by atoms with Crippen molar-refractivity contribution in [1.29, 1.82) is 0 Å². The number of fused-ring (bicyclic) bond motifs is 1. The van der Waals surface area contributed by atoms with E-state index in [-0.39, 0.29) is 5.97 Å². The van der Waals surface area contributed by atoms with Crippen molar-refractivity contribution >= 4 is 28.1 Å². The van der Waals surface area contributed by atoms with E-state index in [1.165, 1.54) is 29.7 Å². The Morgan fingerprint density at radius 2 is 2.25 bits per heavy atom. The Kier molecular flexibility index (Phi) is 3.44. The Hall–Kier alpha value is -1.88. The third kappa shape index (κ3) is 2.29. The normalized spacial score (nSPS) is 17.7. The number of hydrogen-bond donors (Lipinski definition) is 0. The number of ether oxygens (including phenoxy) is 1. The zero-order valence-corrected chi connectivity index (χ0v) is 12.3. The van der Waals surface area contributed by atoms with Gasteiger partial charge in [-0.25, -0.2) is 9.78 Å². The maximum atomic E-state index is 11.5. The number of nitrogens with zero attached hydrogens (tertiary/aromatic N) is 2. The Morgan fingerprint density at radius 3 is 3.05 bits per heavy atom. The number of hydrogen-bond acceptors (Lipinski definition) is 5. The molecule has 0 aliphatic carbocycles. The summed E-state index contributed by atoms with van der Waals surface area (Å²) >= 11 is 1.38. The van der Waals surface area contributed by atoms with Crippen LogP contribution in [0.15, 0.2) is 30.5 Å². The van der Waals surface area contributed by atoms with E-state index in [9.17, 15) is 4.79 Å². The molecular formula is C15H16N2O2S. The van der Waals surface area contributed by atoms with Crippen LogP contribution in [0.4, 0.5) is 10.8 Å². The van der Waals surface area contributed by atoms with Crippen LogP contribution in [0.25, 0.3) is 0 Å². The number of benzene rings is 1. The molecule has 1 atom stereocenters. The monoisotopic (exact) mass is 288 g/mol. The lowest BCUT2D eigenvalue weighted by molar-refractivity contribution is 0.0606. The number of esters is 1. The summed E-state index contributed by atoms with van der Waals surface area (Å²) in [6.45, 7) is 3.16. The van der Waals surface area contributed by atoms with Crippen molar-refractivity contribution in [3.05, 3.63) is 40.9 Å². The maximum absolute atomic E-state index is 11.5. The second kappa shape index (κ2) is 5.25. The fourth-order valence-electron chi connectivity index (χ4n) is 2.56. The zero-order chi connectivity index (χ0) is 14.1. The van der Waals surface area contributed by atoms with Gasteiger partial charge >= 0.3 is 5.97 Å². The van der Waals surface area contributed by atoms with Crippen LogP contribution in [0.5, 0.6) is 0 Å². The van der Waals surface area contributed by atoms with E-state index in [4.69, 9.17) is 4.74 Å². The fourth-order valence-corrected chi connectivity index (χ4v) is 3.42. The largest absolute Gasteiger partial charge is 0.465 e. The molecule has 104 valence electrons. The minimum atomic E-state index is -0.327. The van der Waals surface area contributed by atoms with E-state index in [0.717, 1.165) is 18.1 Å². The van der Waals surface area contributed by atoms with Gasteiger partial charge in [-0.15, -0.1) is 0 Å². The summed E-state index contributed by atoms with van der Waals surface area (Å²) in [5, 5.41) is 0.851. The lowest BCUT2D eigenvalue weighted by Crippen LogP contribution is -2.30. The Bertz CT molecular complexity index is 638. The first kappa shape index (κ1) is 13.1. The van der Waals surface area contributed by atoms with Crippen LogP contribution < -0.4 is 4.90 Å². The predicted molar refractivity (Wildman–Crippen MR) is 79.8 cm³/mol. The smallest absolute Gasteiger partial charge is 0.349 e. The molecule has 2 aromatic rings. The number of aromatic nitrogens is 1. The van der Waals surface area contributed by atoms with Gasteiger partial charge in [-0.2, -0.15) is 0 Å². The molecule has 20 heavy (non-hydrogen) atoms. The minimum Gasteiger partial charge on any atom is -0.465 e. The highest BCUT2D eigenvalue weighted by molar-refractivity contribution is 7.17. The molecule has 0 saturated carbocycles. The second-order valence-corrected chi connectivity index (χ2v) is 6.06. The molecule has 0 spiro atoms. The number of thiazole rings is 1. The summed E-state index contributed by atoms with van der Waals surface area (Å²) in [7, 11) is 1.39. The van der Waals surface area contributed by atoms with Gasteiger partial charge in [-0.05, 0) is 24.0 Å². The van der Waals surface area contributed by atoms with Gasteiger partial charge in [0.05, 0.1) is 13.3 Å². The van der Waals surface area contributed by atoms with Crippen molar-refractivity contribution in [2.24, 2.45) is 5.92 Å². The van der Waals surface area contributed by atoms with Crippen LogP contribution in [0.3, 0.4) is 0 Å². The topological polar surface area (TPSA) is 42.4 Å². The molecule has 1 aromatic heterocycles. The van der Waals surface area contributed by atoms with Crippen molar-refractivity contribution < 1.29 is 9.53 Å².